The number of anilines is 1. The fourth-order valence-electron chi connectivity index (χ4n) is 6.86. The van der Waals surface area contributed by atoms with Gasteiger partial charge in [0, 0.05) is 0 Å². The van der Waals surface area contributed by atoms with Crippen molar-refractivity contribution in [3.63, 3.8) is 0 Å². The predicted octanol–water partition coefficient (Wildman–Crippen LogP) is 5.88. The first-order chi connectivity index (χ1) is 22.9. The molecular formula is C33H33BrClF3N6O4Se. The molecule has 1 saturated heterocycles. The second-order valence-corrected chi connectivity index (χ2v) is 17.9. The zero-order valence-corrected chi connectivity index (χ0v) is 31.1. The third-order valence-corrected chi connectivity index (χ3v) is 12.1. The third kappa shape index (κ3) is 6.99. The van der Waals surface area contributed by atoms with Gasteiger partial charge in [-0.3, -0.25) is 0 Å². The fourth-order valence-corrected chi connectivity index (χ4v) is 10.5. The quantitative estimate of drug-likeness (QED) is 0.252. The maximum absolute atomic E-state index is 14.5. The standard InChI is InChI=1S/C33H33BrClF3N6O4Se/c1-30(2,3)48-29(47)42-14-12-32(13-15-42)18-31(4,49-20-8-6-5-7-9-20)25-24(32)26(46)44-28(40-27(34)41-44)43(25)17-23(45)39-22-11-10-19(16-21(22)35)33(36,37)38/h5-11,16H,12-15,17-18H2,1-4H3,(H,39,45). The van der Waals surface area contributed by atoms with Crippen LogP contribution in [-0.2, 0) is 32.0 Å². The number of likely N-dealkylation sites (tertiary alicyclic amines) is 1. The molecule has 3 heterocycles. The summed E-state index contributed by atoms with van der Waals surface area (Å²) in [5.74, 6) is -0.439. The summed E-state index contributed by atoms with van der Waals surface area (Å²) in [6, 6.07) is 12.6. The van der Waals surface area contributed by atoms with Crippen molar-refractivity contribution in [2.75, 3.05) is 18.4 Å². The molecule has 1 unspecified atom stereocenters. The zero-order chi connectivity index (χ0) is 35.5. The van der Waals surface area contributed by atoms with Gasteiger partial charge >= 0.3 is 301 Å². The average molecular weight is 829 g/mol. The van der Waals surface area contributed by atoms with Gasteiger partial charge in [-0.05, 0) is 0 Å². The number of rotatable bonds is 5. The summed E-state index contributed by atoms with van der Waals surface area (Å²) in [5, 5.41) is 6.71. The molecule has 1 aliphatic heterocycles. The van der Waals surface area contributed by atoms with E-state index in [-0.39, 0.29) is 48.3 Å². The van der Waals surface area contributed by atoms with Gasteiger partial charge in [0.25, 0.3) is 0 Å². The number of amides is 2. The number of nitrogens with one attached hydrogen (secondary N) is 1. The molecule has 1 spiro atoms. The SMILES string of the molecule is CC(C)(C)OC(=O)N1CCC2(CC1)CC(C)([Se]c1ccccc1)c1c2c(=O)n2nc(Br)nc2n1CC(=O)Nc1ccc(C(F)(F)F)cc1Cl. The number of nitrogens with zero attached hydrogens (tertiary/aromatic N) is 5. The maximum atomic E-state index is 14.5. The van der Waals surface area contributed by atoms with E-state index in [0.717, 1.165) is 22.7 Å². The Kier molecular flexibility index (Phi) is 9.21. The molecule has 2 aliphatic rings. The van der Waals surface area contributed by atoms with Gasteiger partial charge < -0.3 is 0 Å². The molecule has 260 valence electrons. The predicted molar refractivity (Wildman–Crippen MR) is 183 cm³/mol. The van der Waals surface area contributed by atoms with Crippen LogP contribution in [0.1, 0.15) is 63.8 Å². The summed E-state index contributed by atoms with van der Waals surface area (Å²) < 4.78 is 48.9. The van der Waals surface area contributed by atoms with Crippen LogP contribution in [0.15, 0.2) is 58.1 Å². The number of halogens is 5. The van der Waals surface area contributed by atoms with Crippen LogP contribution in [0.5, 0.6) is 0 Å². The number of hydrogen-bond donors (Lipinski definition) is 1. The molecular weight excluding hydrogens is 796 g/mol. The van der Waals surface area contributed by atoms with Gasteiger partial charge in [-0.15, -0.1) is 0 Å². The summed E-state index contributed by atoms with van der Waals surface area (Å²) in [6.45, 7) is 7.94. The summed E-state index contributed by atoms with van der Waals surface area (Å²) in [7, 11) is 0. The number of carbonyl (C=O) groups excluding carboxylic acids is 2. The second kappa shape index (κ2) is 12.7. The van der Waals surface area contributed by atoms with Crippen molar-refractivity contribution >= 4 is 70.4 Å². The Hall–Kier alpha value is -3.39. The Bertz CT molecular complexity index is 2010. The van der Waals surface area contributed by atoms with Crippen LogP contribution >= 0.6 is 27.5 Å². The van der Waals surface area contributed by atoms with Crippen LogP contribution in [0, 0.1) is 0 Å². The van der Waals surface area contributed by atoms with Crippen LogP contribution in [-0.4, -0.2) is 69.7 Å². The zero-order valence-electron chi connectivity index (χ0n) is 27.0. The second-order valence-electron chi connectivity index (χ2n) is 13.5. The number of hydrogen-bond acceptors (Lipinski definition) is 6. The Labute approximate surface area is 299 Å². The summed E-state index contributed by atoms with van der Waals surface area (Å²) in [6.07, 6.45) is -3.45. The number of fused-ring (bicyclic) bond motifs is 3. The molecule has 2 aromatic carbocycles. The average Bonchev–Trinajstić information content (AvgIpc) is 3.51. The van der Waals surface area contributed by atoms with Crippen molar-refractivity contribution in [1.29, 1.82) is 0 Å². The van der Waals surface area contributed by atoms with Gasteiger partial charge in [0.1, 0.15) is 0 Å². The molecule has 49 heavy (non-hydrogen) atoms. The summed E-state index contributed by atoms with van der Waals surface area (Å²) in [5.41, 5.74) is -1.38. The van der Waals surface area contributed by atoms with Gasteiger partial charge in [-0.1, -0.05) is 0 Å². The molecule has 1 fully saturated rings. The topological polar surface area (TPSA) is 111 Å². The first-order valence-electron chi connectivity index (χ1n) is 15.5. The molecule has 0 radical (unpaired) electrons. The van der Waals surface area contributed by atoms with E-state index in [2.05, 4.69) is 38.3 Å². The van der Waals surface area contributed by atoms with Gasteiger partial charge in [0.15, 0.2) is 0 Å². The van der Waals surface area contributed by atoms with E-state index < -0.39 is 39.1 Å². The van der Waals surface area contributed by atoms with Crippen molar-refractivity contribution in [3.05, 3.63) is 85.5 Å². The Balaban J connectivity index is 1.44. The fraction of sp³-hybridized carbons (Fsp3) is 0.424. The molecule has 1 aliphatic carbocycles. The summed E-state index contributed by atoms with van der Waals surface area (Å²) >= 11 is 9.23. The van der Waals surface area contributed by atoms with Gasteiger partial charge in [-0.2, -0.15) is 0 Å². The summed E-state index contributed by atoms with van der Waals surface area (Å²) in [4.78, 5) is 47.3. The first kappa shape index (κ1) is 35.4. The van der Waals surface area contributed by atoms with Crippen molar-refractivity contribution in [2.45, 2.75) is 75.0 Å². The molecule has 2 amide bonds. The van der Waals surface area contributed by atoms with E-state index in [0.29, 0.717) is 43.6 Å². The third-order valence-electron chi connectivity index (χ3n) is 8.76. The molecule has 16 heteroatoms. The van der Waals surface area contributed by atoms with Crippen molar-refractivity contribution in [3.8, 4) is 0 Å². The van der Waals surface area contributed by atoms with Crippen LogP contribution < -0.4 is 15.3 Å². The molecule has 0 saturated carbocycles. The van der Waals surface area contributed by atoms with Crippen LogP contribution in [0.3, 0.4) is 0 Å². The van der Waals surface area contributed by atoms with Gasteiger partial charge in [0.05, 0.1) is 0 Å². The van der Waals surface area contributed by atoms with Gasteiger partial charge in [-0.25, -0.2) is 0 Å². The van der Waals surface area contributed by atoms with E-state index in [1.807, 2.05) is 51.1 Å². The molecule has 0 bridgehead atoms. The molecule has 6 rings (SSSR count). The van der Waals surface area contributed by atoms with E-state index in [1.165, 1.54) is 4.52 Å². The number of carbonyl (C=O) groups is 2. The molecule has 1 N–H and O–H groups in total. The number of aromatic nitrogens is 4. The van der Waals surface area contributed by atoms with E-state index >= 15 is 0 Å². The van der Waals surface area contributed by atoms with E-state index in [4.69, 9.17) is 16.3 Å². The number of ether oxygens (including phenoxy) is 1. The normalized spacial score (nSPS) is 18.9. The van der Waals surface area contributed by atoms with Crippen molar-refractivity contribution in [1.82, 2.24) is 24.1 Å². The minimum atomic E-state index is -4.60. The Morgan fingerprint density at radius 1 is 1.10 bits per heavy atom. The monoisotopic (exact) mass is 828 g/mol. The Morgan fingerprint density at radius 3 is 2.39 bits per heavy atom. The Morgan fingerprint density at radius 2 is 1.78 bits per heavy atom. The van der Waals surface area contributed by atoms with E-state index in [9.17, 15) is 27.6 Å². The van der Waals surface area contributed by atoms with Crippen molar-refractivity contribution < 1.29 is 27.5 Å². The molecule has 4 aromatic rings. The molecule has 2 aromatic heterocycles. The van der Waals surface area contributed by atoms with E-state index in [1.54, 1.807) is 9.47 Å². The van der Waals surface area contributed by atoms with Crippen molar-refractivity contribution in [2.24, 2.45) is 0 Å². The minimum absolute atomic E-state index is 0.0123. The first-order valence-corrected chi connectivity index (χ1v) is 18.4. The number of piperidine rings is 1. The van der Waals surface area contributed by atoms with Crippen LogP contribution in [0.2, 0.25) is 5.02 Å². The number of alkyl halides is 3. The van der Waals surface area contributed by atoms with Crippen LogP contribution in [0.4, 0.5) is 23.7 Å². The van der Waals surface area contributed by atoms with Crippen LogP contribution in [0.25, 0.3) is 5.78 Å². The number of benzene rings is 2. The van der Waals surface area contributed by atoms with Gasteiger partial charge in [0.2, 0.25) is 0 Å². The molecule has 10 nitrogen and oxygen atoms in total. The molecule has 1 atom stereocenters.